The second kappa shape index (κ2) is 2.55. The van der Waals surface area contributed by atoms with Gasteiger partial charge < -0.3 is 5.32 Å². The molecule has 1 unspecified atom stereocenters. The minimum absolute atomic E-state index is 0.378. The molecule has 1 saturated heterocycles. The Morgan fingerprint density at radius 1 is 1.45 bits per heavy atom. The molecule has 11 heavy (non-hydrogen) atoms. The smallest absolute Gasteiger partial charge is 0.0964 e. The van der Waals surface area contributed by atoms with Gasteiger partial charge in [-0.3, -0.25) is 0 Å². The van der Waals surface area contributed by atoms with Crippen LogP contribution in [0.4, 0.5) is 0 Å². The summed E-state index contributed by atoms with van der Waals surface area (Å²) in [7, 11) is 0. The highest BCUT2D eigenvalue weighted by Crippen LogP contribution is 2.53. The van der Waals surface area contributed by atoms with Gasteiger partial charge in [-0.1, -0.05) is 5.18 Å². The van der Waals surface area contributed by atoms with Gasteiger partial charge in [0, 0.05) is 6.04 Å². The molecule has 0 aromatic carbocycles. The van der Waals surface area contributed by atoms with Gasteiger partial charge in [0.2, 0.25) is 0 Å². The van der Waals surface area contributed by atoms with Crippen LogP contribution in [0.3, 0.4) is 0 Å². The Balaban J connectivity index is 1.88. The fraction of sp³-hybridized carbons (Fsp3) is 1.00. The van der Waals surface area contributed by atoms with E-state index in [0.717, 1.165) is 6.54 Å². The van der Waals surface area contributed by atoms with Crippen molar-refractivity contribution >= 4 is 0 Å². The molecule has 1 saturated carbocycles. The molecular formula is C8H14N2O. The van der Waals surface area contributed by atoms with E-state index in [1.54, 1.807) is 0 Å². The Labute approximate surface area is 66.5 Å². The fourth-order valence-electron chi connectivity index (χ4n) is 2.09. The molecule has 2 rings (SSSR count). The van der Waals surface area contributed by atoms with E-state index in [9.17, 15) is 4.91 Å². The highest BCUT2D eigenvalue weighted by Gasteiger charge is 2.45. The lowest BCUT2D eigenvalue weighted by Crippen LogP contribution is -2.40. The van der Waals surface area contributed by atoms with Gasteiger partial charge in [0.1, 0.15) is 0 Å². The summed E-state index contributed by atoms with van der Waals surface area (Å²) >= 11 is 0. The molecule has 2 fully saturated rings. The molecule has 2 aliphatic rings. The summed E-state index contributed by atoms with van der Waals surface area (Å²) < 4.78 is 0. The second-order valence-corrected chi connectivity index (χ2v) is 3.92. The Morgan fingerprint density at radius 2 is 2.27 bits per heavy atom. The summed E-state index contributed by atoms with van der Waals surface area (Å²) in [6.45, 7) is 1.54. The lowest BCUT2D eigenvalue weighted by molar-refractivity contribution is 0.287. The van der Waals surface area contributed by atoms with Crippen LogP contribution in [0.1, 0.15) is 25.7 Å². The van der Waals surface area contributed by atoms with Crippen LogP contribution < -0.4 is 5.32 Å². The molecule has 0 aromatic rings. The quantitative estimate of drug-likeness (QED) is 0.609. The molecule has 1 N–H and O–H groups in total. The molecule has 1 aliphatic heterocycles. The van der Waals surface area contributed by atoms with Gasteiger partial charge in [-0.05, 0) is 37.6 Å². The number of nitrogens with one attached hydrogen (secondary N) is 1. The third-order valence-corrected chi connectivity index (χ3v) is 3.02. The summed E-state index contributed by atoms with van der Waals surface area (Å²) in [5.41, 5.74) is 0.639. The van der Waals surface area contributed by atoms with Gasteiger partial charge in [0.05, 0.1) is 6.54 Å². The van der Waals surface area contributed by atoms with Crippen molar-refractivity contribution in [3.05, 3.63) is 4.91 Å². The molecule has 62 valence electrons. The zero-order valence-electron chi connectivity index (χ0n) is 6.68. The number of piperidine rings is 1. The monoisotopic (exact) mass is 154 g/mol. The third-order valence-electron chi connectivity index (χ3n) is 3.02. The molecular weight excluding hydrogens is 140 g/mol. The normalized spacial score (nSPS) is 33.6. The molecule has 1 spiro atoms. The van der Waals surface area contributed by atoms with Crippen molar-refractivity contribution in [3.63, 3.8) is 0 Å². The van der Waals surface area contributed by atoms with E-state index in [0.29, 0.717) is 18.0 Å². The summed E-state index contributed by atoms with van der Waals surface area (Å²) in [6, 6.07) is 0.378. The van der Waals surface area contributed by atoms with Crippen LogP contribution in [0.15, 0.2) is 5.18 Å². The maximum Gasteiger partial charge on any atom is 0.0964 e. The molecule has 0 aromatic heterocycles. The Bertz CT molecular complexity index is 165. The van der Waals surface area contributed by atoms with Crippen molar-refractivity contribution in [3.8, 4) is 0 Å². The lowest BCUT2D eigenvalue weighted by Gasteiger charge is -2.28. The van der Waals surface area contributed by atoms with E-state index >= 15 is 0 Å². The van der Waals surface area contributed by atoms with Crippen LogP contribution in [0.2, 0.25) is 0 Å². The predicted molar refractivity (Wildman–Crippen MR) is 43.4 cm³/mol. The van der Waals surface area contributed by atoms with E-state index in [1.807, 2.05) is 0 Å². The largest absolute Gasteiger partial charge is 0.312 e. The molecule has 3 nitrogen and oxygen atoms in total. The van der Waals surface area contributed by atoms with Crippen molar-refractivity contribution in [2.45, 2.75) is 31.7 Å². The summed E-state index contributed by atoms with van der Waals surface area (Å²) in [6.07, 6.45) is 5.25. The van der Waals surface area contributed by atoms with E-state index in [-0.39, 0.29) is 0 Å². The van der Waals surface area contributed by atoms with Gasteiger partial charge in [0.25, 0.3) is 0 Å². The van der Waals surface area contributed by atoms with Crippen LogP contribution in [0.5, 0.6) is 0 Å². The van der Waals surface area contributed by atoms with Crippen molar-refractivity contribution in [1.29, 1.82) is 0 Å². The van der Waals surface area contributed by atoms with Gasteiger partial charge in [-0.15, -0.1) is 0 Å². The average molecular weight is 154 g/mol. The zero-order valence-corrected chi connectivity index (χ0v) is 6.68. The number of hydrogen-bond donors (Lipinski definition) is 1. The van der Waals surface area contributed by atoms with Crippen LogP contribution in [-0.2, 0) is 0 Å². The number of nitrogens with zero attached hydrogens (tertiary/aromatic N) is 1. The Morgan fingerprint density at radius 3 is 2.91 bits per heavy atom. The minimum atomic E-state index is 0.378. The predicted octanol–water partition coefficient (Wildman–Crippen LogP) is 1.28. The van der Waals surface area contributed by atoms with Crippen molar-refractivity contribution in [1.82, 2.24) is 5.32 Å². The molecule has 1 aliphatic carbocycles. The topological polar surface area (TPSA) is 41.5 Å². The summed E-state index contributed by atoms with van der Waals surface area (Å²) in [5, 5.41) is 6.26. The number of rotatable bonds is 2. The van der Waals surface area contributed by atoms with E-state index in [2.05, 4.69) is 10.5 Å². The second-order valence-electron chi connectivity index (χ2n) is 3.92. The first-order valence-electron chi connectivity index (χ1n) is 4.37. The lowest BCUT2D eigenvalue weighted by atomic mass is 9.89. The van der Waals surface area contributed by atoms with Crippen LogP contribution >= 0.6 is 0 Å². The van der Waals surface area contributed by atoms with Gasteiger partial charge in [-0.2, -0.15) is 4.91 Å². The maximum absolute atomic E-state index is 10.0. The molecule has 0 amide bonds. The first kappa shape index (κ1) is 7.22. The maximum atomic E-state index is 10.0. The Kier molecular flexibility index (Phi) is 1.68. The number of nitroso groups, excluding NO2 is 1. The van der Waals surface area contributed by atoms with Crippen molar-refractivity contribution in [2.24, 2.45) is 10.6 Å². The average Bonchev–Trinajstić information content (AvgIpc) is 2.70. The number of hydrogen-bond acceptors (Lipinski definition) is 3. The van der Waals surface area contributed by atoms with Crippen LogP contribution in [0.25, 0.3) is 0 Å². The molecule has 1 heterocycles. The zero-order chi connectivity index (χ0) is 7.73. The van der Waals surface area contributed by atoms with E-state index < -0.39 is 0 Å². The molecule has 3 heteroatoms. The SMILES string of the molecule is O=NCC1CC2(CCN1)CC2. The third kappa shape index (κ3) is 1.43. The Hall–Kier alpha value is -0.440. The minimum Gasteiger partial charge on any atom is -0.312 e. The van der Waals surface area contributed by atoms with Gasteiger partial charge in [-0.25, -0.2) is 0 Å². The van der Waals surface area contributed by atoms with E-state index in [1.165, 1.54) is 25.7 Å². The highest BCUT2D eigenvalue weighted by molar-refractivity contribution is 4.99. The molecule has 0 radical (unpaired) electrons. The first-order valence-corrected chi connectivity index (χ1v) is 4.37. The first-order chi connectivity index (χ1) is 5.35. The van der Waals surface area contributed by atoms with E-state index in [4.69, 9.17) is 0 Å². The van der Waals surface area contributed by atoms with Gasteiger partial charge in [0.15, 0.2) is 0 Å². The van der Waals surface area contributed by atoms with Gasteiger partial charge >= 0.3 is 0 Å². The summed E-state index contributed by atoms with van der Waals surface area (Å²) in [5.74, 6) is 0. The molecule has 1 atom stereocenters. The fourth-order valence-corrected chi connectivity index (χ4v) is 2.09. The highest BCUT2D eigenvalue weighted by atomic mass is 16.3. The molecule has 0 bridgehead atoms. The van der Waals surface area contributed by atoms with Crippen LogP contribution in [-0.4, -0.2) is 19.1 Å². The van der Waals surface area contributed by atoms with Crippen molar-refractivity contribution in [2.75, 3.05) is 13.1 Å². The van der Waals surface area contributed by atoms with Crippen LogP contribution in [0, 0.1) is 10.3 Å². The van der Waals surface area contributed by atoms with Crippen molar-refractivity contribution < 1.29 is 0 Å². The summed E-state index contributed by atoms with van der Waals surface area (Å²) in [4.78, 5) is 10.0. The standard InChI is InChI=1S/C8H14N2O/c11-10-6-7-5-8(1-2-8)3-4-9-7/h7,9H,1-6H2.